The van der Waals surface area contributed by atoms with Crippen LogP contribution in [-0.2, 0) is 6.54 Å². The van der Waals surface area contributed by atoms with E-state index >= 15 is 0 Å². The standard InChI is InChI=1S/C13H15N3O2/c1-4-16-10-8-6-5-7-9(10)14-11(13(16)18)12(17)15(2)3/h5-8H,4H2,1-3H3. The fourth-order valence-corrected chi connectivity index (χ4v) is 1.86. The van der Waals surface area contributed by atoms with Crippen LogP contribution in [0.3, 0.4) is 0 Å². The van der Waals surface area contributed by atoms with Crippen molar-refractivity contribution in [3.8, 4) is 0 Å². The van der Waals surface area contributed by atoms with Crippen molar-refractivity contribution < 1.29 is 4.79 Å². The molecule has 1 heterocycles. The van der Waals surface area contributed by atoms with E-state index in [-0.39, 0.29) is 17.2 Å². The van der Waals surface area contributed by atoms with E-state index in [1.807, 2.05) is 25.1 Å². The van der Waals surface area contributed by atoms with Gasteiger partial charge in [0.05, 0.1) is 11.0 Å². The van der Waals surface area contributed by atoms with Crippen LogP contribution in [0.25, 0.3) is 11.0 Å². The average Bonchev–Trinajstić information content (AvgIpc) is 2.37. The first kappa shape index (κ1) is 12.3. The van der Waals surface area contributed by atoms with E-state index in [0.29, 0.717) is 12.1 Å². The van der Waals surface area contributed by atoms with Gasteiger partial charge in [0.15, 0.2) is 5.69 Å². The Hall–Kier alpha value is -2.17. The normalized spacial score (nSPS) is 10.6. The minimum atomic E-state index is -0.368. The summed E-state index contributed by atoms with van der Waals surface area (Å²) in [4.78, 5) is 29.7. The maximum atomic E-state index is 12.2. The van der Waals surface area contributed by atoms with E-state index in [4.69, 9.17) is 0 Å². The highest BCUT2D eigenvalue weighted by molar-refractivity contribution is 5.93. The molecule has 0 aliphatic heterocycles. The molecule has 18 heavy (non-hydrogen) atoms. The molecule has 0 aliphatic rings. The number of para-hydroxylation sites is 2. The Morgan fingerprint density at radius 1 is 1.33 bits per heavy atom. The van der Waals surface area contributed by atoms with E-state index in [1.54, 1.807) is 24.7 Å². The molecule has 1 aromatic carbocycles. The summed E-state index contributed by atoms with van der Waals surface area (Å²) < 4.78 is 1.57. The first-order valence-electron chi connectivity index (χ1n) is 5.77. The Kier molecular flexibility index (Phi) is 3.14. The fourth-order valence-electron chi connectivity index (χ4n) is 1.86. The van der Waals surface area contributed by atoms with Crippen molar-refractivity contribution in [3.05, 3.63) is 40.3 Å². The van der Waals surface area contributed by atoms with Gasteiger partial charge in [0.25, 0.3) is 11.5 Å². The molecule has 2 rings (SSSR count). The van der Waals surface area contributed by atoms with Gasteiger partial charge in [0.1, 0.15) is 0 Å². The van der Waals surface area contributed by atoms with Crippen LogP contribution in [0.2, 0.25) is 0 Å². The number of carbonyl (C=O) groups excluding carboxylic acids is 1. The predicted octanol–water partition coefficient (Wildman–Crippen LogP) is 1.12. The van der Waals surface area contributed by atoms with Gasteiger partial charge < -0.3 is 9.47 Å². The average molecular weight is 245 g/mol. The molecule has 1 aromatic heterocycles. The van der Waals surface area contributed by atoms with Crippen molar-refractivity contribution >= 4 is 16.9 Å². The summed E-state index contributed by atoms with van der Waals surface area (Å²) in [5, 5.41) is 0. The monoisotopic (exact) mass is 245 g/mol. The highest BCUT2D eigenvalue weighted by Gasteiger charge is 2.18. The van der Waals surface area contributed by atoms with Crippen molar-refractivity contribution in [2.75, 3.05) is 14.1 Å². The molecule has 0 N–H and O–H groups in total. The van der Waals surface area contributed by atoms with Crippen LogP contribution < -0.4 is 5.56 Å². The number of nitrogens with zero attached hydrogens (tertiary/aromatic N) is 3. The molecule has 0 saturated heterocycles. The lowest BCUT2D eigenvalue weighted by molar-refractivity contribution is 0.0820. The van der Waals surface area contributed by atoms with E-state index in [1.165, 1.54) is 4.90 Å². The summed E-state index contributed by atoms with van der Waals surface area (Å²) in [6, 6.07) is 7.32. The number of hydrogen-bond donors (Lipinski definition) is 0. The maximum Gasteiger partial charge on any atom is 0.282 e. The summed E-state index contributed by atoms with van der Waals surface area (Å²) in [5.41, 5.74) is 1.04. The van der Waals surface area contributed by atoms with Gasteiger partial charge in [0.2, 0.25) is 0 Å². The first-order valence-corrected chi connectivity index (χ1v) is 5.77. The summed E-state index contributed by atoms with van der Waals surface area (Å²) in [5.74, 6) is -0.368. The minimum absolute atomic E-state index is 0.0273. The molecular weight excluding hydrogens is 230 g/mol. The predicted molar refractivity (Wildman–Crippen MR) is 69.7 cm³/mol. The summed E-state index contributed by atoms with van der Waals surface area (Å²) in [7, 11) is 3.21. The summed E-state index contributed by atoms with van der Waals surface area (Å²) >= 11 is 0. The lowest BCUT2D eigenvalue weighted by Crippen LogP contribution is -2.34. The van der Waals surface area contributed by atoms with Crippen molar-refractivity contribution in [2.24, 2.45) is 0 Å². The number of benzene rings is 1. The number of carbonyl (C=O) groups is 1. The van der Waals surface area contributed by atoms with Gasteiger partial charge in [-0.25, -0.2) is 4.98 Å². The number of amides is 1. The van der Waals surface area contributed by atoms with Crippen molar-refractivity contribution in [3.63, 3.8) is 0 Å². The lowest BCUT2D eigenvalue weighted by atomic mass is 10.2. The van der Waals surface area contributed by atoms with Gasteiger partial charge in [-0.1, -0.05) is 12.1 Å². The van der Waals surface area contributed by atoms with E-state index in [2.05, 4.69) is 4.98 Å². The maximum absolute atomic E-state index is 12.2. The Morgan fingerprint density at radius 3 is 2.61 bits per heavy atom. The van der Waals surface area contributed by atoms with Crippen LogP contribution >= 0.6 is 0 Å². The molecule has 94 valence electrons. The second kappa shape index (κ2) is 4.60. The summed E-state index contributed by atoms with van der Waals surface area (Å²) in [6.07, 6.45) is 0. The number of aromatic nitrogens is 2. The number of aryl methyl sites for hydroxylation is 1. The van der Waals surface area contributed by atoms with E-state index in [0.717, 1.165) is 5.52 Å². The Balaban J connectivity index is 2.81. The number of fused-ring (bicyclic) bond motifs is 1. The molecule has 1 amide bonds. The van der Waals surface area contributed by atoms with E-state index in [9.17, 15) is 9.59 Å². The van der Waals surface area contributed by atoms with Gasteiger partial charge >= 0.3 is 0 Å². The molecule has 5 nitrogen and oxygen atoms in total. The zero-order valence-electron chi connectivity index (χ0n) is 10.7. The summed E-state index contributed by atoms with van der Waals surface area (Å²) in [6.45, 7) is 2.38. The molecule has 0 saturated carbocycles. The van der Waals surface area contributed by atoms with E-state index < -0.39 is 0 Å². The molecule has 0 atom stereocenters. The molecule has 0 spiro atoms. The Bertz CT molecular complexity index is 659. The topological polar surface area (TPSA) is 55.2 Å². The van der Waals surface area contributed by atoms with Gasteiger partial charge in [0, 0.05) is 20.6 Å². The van der Waals surface area contributed by atoms with Crippen LogP contribution in [0, 0.1) is 0 Å². The molecule has 0 unspecified atom stereocenters. The SMILES string of the molecule is CCn1c(=O)c(C(=O)N(C)C)nc2ccccc21. The van der Waals surface area contributed by atoms with Crippen molar-refractivity contribution in [2.45, 2.75) is 13.5 Å². The molecular formula is C13H15N3O2. The number of hydrogen-bond acceptors (Lipinski definition) is 3. The number of rotatable bonds is 2. The van der Waals surface area contributed by atoms with Gasteiger partial charge in [-0.15, -0.1) is 0 Å². The van der Waals surface area contributed by atoms with Gasteiger partial charge in [-0.05, 0) is 19.1 Å². The zero-order valence-corrected chi connectivity index (χ0v) is 10.7. The quantitative estimate of drug-likeness (QED) is 0.796. The zero-order chi connectivity index (χ0) is 13.3. The molecule has 0 aliphatic carbocycles. The van der Waals surface area contributed by atoms with Crippen LogP contribution in [-0.4, -0.2) is 34.5 Å². The molecule has 0 bridgehead atoms. The third kappa shape index (κ3) is 1.88. The van der Waals surface area contributed by atoms with Gasteiger partial charge in [-0.2, -0.15) is 0 Å². The lowest BCUT2D eigenvalue weighted by Gasteiger charge is -2.12. The third-order valence-corrected chi connectivity index (χ3v) is 2.78. The minimum Gasteiger partial charge on any atom is -0.343 e. The highest BCUT2D eigenvalue weighted by atomic mass is 16.2. The highest BCUT2D eigenvalue weighted by Crippen LogP contribution is 2.10. The van der Waals surface area contributed by atoms with Crippen LogP contribution in [0.4, 0.5) is 0 Å². The van der Waals surface area contributed by atoms with Crippen LogP contribution in [0.5, 0.6) is 0 Å². The second-order valence-corrected chi connectivity index (χ2v) is 4.20. The largest absolute Gasteiger partial charge is 0.343 e. The van der Waals surface area contributed by atoms with Crippen molar-refractivity contribution in [1.29, 1.82) is 0 Å². The van der Waals surface area contributed by atoms with Crippen LogP contribution in [0.1, 0.15) is 17.4 Å². The Labute approximate surface area is 105 Å². The fraction of sp³-hybridized carbons (Fsp3) is 0.308. The molecule has 2 aromatic rings. The van der Waals surface area contributed by atoms with Crippen molar-refractivity contribution in [1.82, 2.24) is 14.5 Å². The molecule has 0 fully saturated rings. The second-order valence-electron chi connectivity index (χ2n) is 4.20. The Morgan fingerprint density at radius 2 is 2.00 bits per heavy atom. The first-order chi connectivity index (χ1) is 8.56. The smallest absolute Gasteiger partial charge is 0.282 e. The molecule has 0 radical (unpaired) electrons. The molecule has 5 heteroatoms. The van der Waals surface area contributed by atoms with Gasteiger partial charge in [-0.3, -0.25) is 9.59 Å². The van der Waals surface area contributed by atoms with Crippen LogP contribution in [0.15, 0.2) is 29.1 Å². The third-order valence-electron chi connectivity index (χ3n) is 2.78.